The summed E-state index contributed by atoms with van der Waals surface area (Å²) in [7, 11) is 0. The van der Waals surface area contributed by atoms with Crippen molar-refractivity contribution in [1.82, 2.24) is 0 Å². The van der Waals surface area contributed by atoms with Crippen LogP contribution in [0.25, 0.3) is 0 Å². The zero-order chi connectivity index (χ0) is 21.8. The monoisotopic (exact) mass is 429 g/mol. The van der Waals surface area contributed by atoms with Gasteiger partial charge in [-0.1, -0.05) is 13.0 Å². The van der Waals surface area contributed by atoms with Gasteiger partial charge in [-0.05, 0) is 85.0 Å². The number of fused-ring (bicyclic) bond motifs is 5. The predicted octanol–water partition coefficient (Wildman–Crippen LogP) is 3.38. The van der Waals surface area contributed by atoms with Crippen LogP contribution >= 0.6 is 0 Å². The Morgan fingerprint density at radius 3 is 2.87 bits per heavy atom. The minimum atomic E-state index is -1.52. The predicted molar refractivity (Wildman–Crippen MR) is 111 cm³/mol. The fraction of sp³-hybridized carbons (Fsp3) is 0.667. The quantitative estimate of drug-likeness (QED) is 0.582. The van der Waals surface area contributed by atoms with Crippen LogP contribution in [0.5, 0.6) is 5.75 Å². The van der Waals surface area contributed by atoms with Crippen LogP contribution in [0.1, 0.15) is 68.9 Å². The molecule has 168 valence electrons. The molecule has 5 rings (SSSR count). The fourth-order valence-corrected chi connectivity index (χ4v) is 6.78. The number of ether oxygens (including phenoxy) is 1. The van der Waals surface area contributed by atoms with E-state index >= 15 is 0 Å². The van der Waals surface area contributed by atoms with Gasteiger partial charge < -0.3 is 15.1 Å². The molecule has 7 heteroatoms. The highest BCUT2D eigenvalue weighted by molar-refractivity contribution is 5.74. The van der Waals surface area contributed by atoms with Crippen molar-refractivity contribution in [2.24, 2.45) is 17.3 Å². The van der Waals surface area contributed by atoms with Gasteiger partial charge in [-0.15, -0.1) is 4.81 Å². The van der Waals surface area contributed by atoms with Crippen LogP contribution in [0.2, 0.25) is 0 Å². The van der Waals surface area contributed by atoms with Crippen molar-refractivity contribution < 1.29 is 29.1 Å². The van der Waals surface area contributed by atoms with Gasteiger partial charge in [-0.3, -0.25) is 4.84 Å². The van der Waals surface area contributed by atoms with Gasteiger partial charge in [0.25, 0.3) is 0 Å². The fourth-order valence-electron chi connectivity index (χ4n) is 6.78. The van der Waals surface area contributed by atoms with E-state index in [0.717, 1.165) is 38.5 Å². The molecule has 3 aliphatic carbocycles. The molecular formula is C24H31NO6. The van der Waals surface area contributed by atoms with Gasteiger partial charge in [0.1, 0.15) is 12.3 Å². The Hall–Kier alpha value is -1.96. The summed E-state index contributed by atoms with van der Waals surface area (Å²) in [6, 6.07) is 6.00. The second-order valence-electron chi connectivity index (χ2n) is 10.1. The first-order chi connectivity index (χ1) is 14.8. The number of carbonyl (C=O) groups excluding carboxylic acids is 2. The van der Waals surface area contributed by atoms with E-state index in [1.807, 2.05) is 12.1 Å². The van der Waals surface area contributed by atoms with Crippen LogP contribution in [0.3, 0.4) is 0 Å². The zero-order valence-corrected chi connectivity index (χ0v) is 18.0. The number of amides is 1. The maximum absolute atomic E-state index is 12.2. The number of aryl methyl sites for hydroxylation is 1. The van der Waals surface area contributed by atoms with Crippen LogP contribution in [0, 0.1) is 22.5 Å². The maximum atomic E-state index is 12.2. The van der Waals surface area contributed by atoms with E-state index in [9.17, 15) is 19.9 Å². The molecule has 1 aromatic rings. The molecule has 7 nitrogen and oxygen atoms in total. The van der Waals surface area contributed by atoms with Gasteiger partial charge in [0.15, 0.2) is 6.61 Å². The smallest absolute Gasteiger partial charge is 0.404 e. The first-order valence-corrected chi connectivity index (χ1v) is 11.6. The van der Waals surface area contributed by atoms with E-state index in [2.05, 4.69) is 13.0 Å². The van der Waals surface area contributed by atoms with Crippen LogP contribution in [0.15, 0.2) is 18.2 Å². The van der Waals surface area contributed by atoms with Gasteiger partial charge in [0.2, 0.25) is 0 Å². The summed E-state index contributed by atoms with van der Waals surface area (Å²) in [4.78, 5) is 26.9. The molecule has 0 aromatic heterocycles. The first kappa shape index (κ1) is 20.9. The zero-order valence-electron chi connectivity index (χ0n) is 18.0. The number of hydroxylamine groups is 4. The summed E-state index contributed by atoms with van der Waals surface area (Å²) in [5.74, 6) is 0.883. The number of rotatable bonds is 4. The Kier molecular flexibility index (Phi) is 5.11. The lowest BCUT2D eigenvalue weighted by Gasteiger charge is -2.50. The summed E-state index contributed by atoms with van der Waals surface area (Å²) in [6.07, 6.45) is 6.72. The third-order valence-electron chi connectivity index (χ3n) is 8.48. The minimum absolute atomic E-state index is 0.0248. The van der Waals surface area contributed by atoms with Crippen molar-refractivity contribution in [3.8, 4) is 5.75 Å². The average molecular weight is 430 g/mol. The number of aliphatic hydroxyl groups excluding tert-OH is 1. The molecule has 0 spiro atoms. The molecule has 6 atom stereocenters. The first-order valence-electron chi connectivity index (χ1n) is 11.6. The highest BCUT2D eigenvalue weighted by atomic mass is 16.9. The van der Waals surface area contributed by atoms with Crippen molar-refractivity contribution in [1.29, 1.82) is 0 Å². The highest BCUT2D eigenvalue weighted by Crippen LogP contribution is 2.60. The SMILES string of the molecule is CC12CCC3c4ccc(OCC(=O)O[N+]5([O-])CCCC5=O)cc4CCC3C1CCC2O. The molecule has 1 amide bonds. The summed E-state index contributed by atoms with van der Waals surface area (Å²) in [5.41, 5.74) is 2.71. The van der Waals surface area contributed by atoms with E-state index in [4.69, 9.17) is 9.57 Å². The summed E-state index contributed by atoms with van der Waals surface area (Å²) in [6.45, 7) is 1.86. The van der Waals surface area contributed by atoms with E-state index < -0.39 is 23.3 Å². The van der Waals surface area contributed by atoms with Crippen LogP contribution in [0.4, 0.5) is 0 Å². The van der Waals surface area contributed by atoms with E-state index in [1.165, 1.54) is 11.1 Å². The van der Waals surface area contributed by atoms with E-state index in [0.29, 0.717) is 29.9 Å². The number of hydrogen-bond donors (Lipinski definition) is 1. The molecule has 1 N–H and O–H groups in total. The number of carbonyl (C=O) groups is 2. The second kappa shape index (κ2) is 7.57. The molecule has 1 saturated heterocycles. The molecule has 6 unspecified atom stereocenters. The Morgan fingerprint density at radius 1 is 1.26 bits per heavy atom. The van der Waals surface area contributed by atoms with Crippen LogP contribution in [-0.4, -0.2) is 41.0 Å². The summed E-state index contributed by atoms with van der Waals surface area (Å²) in [5, 5.41) is 22.7. The van der Waals surface area contributed by atoms with Gasteiger partial charge in [0.05, 0.1) is 12.5 Å². The lowest BCUT2D eigenvalue weighted by Crippen LogP contribution is -2.45. The molecule has 1 heterocycles. The standard InChI is InChI=1S/C24H31NO6/c1-24-11-10-18-17-7-5-16(30-14-23(28)31-25(29)12-2-3-22(25)27)13-15(17)4-6-19(18)20(24)8-9-21(24)26/h5,7,13,18-21,26H,2-4,6,8-12,14H2,1H3. The molecule has 3 fully saturated rings. The van der Waals surface area contributed by atoms with Crippen molar-refractivity contribution >= 4 is 11.9 Å². The molecule has 1 aromatic carbocycles. The van der Waals surface area contributed by atoms with Crippen molar-refractivity contribution in [3.05, 3.63) is 34.5 Å². The highest BCUT2D eigenvalue weighted by Gasteiger charge is 2.54. The van der Waals surface area contributed by atoms with Gasteiger partial charge >= 0.3 is 11.9 Å². The molecule has 4 aliphatic rings. The maximum Gasteiger partial charge on any atom is 0.404 e. The van der Waals surface area contributed by atoms with Gasteiger partial charge in [-0.2, -0.15) is 0 Å². The summed E-state index contributed by atoms with van der Waals surface area (Å²) >= 11 is 0. The number of hydrogen-bond acceptors (Lipinski definition) is 6. The normalized spacial score (nSPS) is 38.9. The average Bonchev–Trinajstić information content (AvgIpc) is 3.24. The Balaban J connectivity index is 1.24. The molecule has 31 heavy (non-hydrogen) atoms. The van der Waals surface area contributed by atoms with Crippen molar-refractivity contribution in [2.75, 3.05) is 13.2 Å². The van der Waals surface area contributed by atoms with Crippen molar-refractivity contribution in [2.45, 2.75) is 70.3 Å². The number of quaternary nitrogens is 1. The summed E-state index contributed by atoms with van der Waals surface area (Å²) < 4.78 is 5.59. The van der Waals surface area contributed by atoms with Gasteiger partial charge in [0, 0.05) is 6.42 Å². The number of aliphatic hydroxyl groups is 1. The van der Waals surface area contributed by atoms with Crippen LogP contribution < -0.4 is 4.74 Å². The van der Waals surface area contributed by atoms with E-state index in [1.54, 1.807) is 0 Å². The third kappa shape index (κ3) is 3.47. The van der Waals surface area contributed by atoms with Gasteiger partial charge in [-0.25, -0.2) is 9.59 Å². The second-order valence-corrected chi connectivity index (χ2v) is 10.1. The Labute approximate surface area is 182 Å². The molecule has 0 bridgehead atoms. The lowest BCUT2D eigenvalue weighted by molar-refractivity contribution is -0.979. The molecule has 2 saturated carbocycles. The molecular weight excluding hydrogens is 398 g/mol. The largest absolute Gasteiger partial charge is 0.582 e. The van der Waals surface area contributed by atoms with Crippen molar-refractivity contribution in [3.63, 3.8) is 0 Å². The number of benzene rings is 1. The Morgan fingerprint density at radius 2 is 2.10 bits per heavy atom. The minimum Gasteiger partial charge on any atom is -0.582 e. The molecule has 1 aliphatic heterocycles. The Bertz CT molecular complexity index is 902. The van der Waals surface area contributed by atoms with Crippen LogP contribution in [-0.2, 0) is 20.8 Å². The molecule has 0 radical (unpaired) electrons. The lowest BCUT2D eigenvalue weighted by atomic mass is 9.55. The van der Waals surface area contributed by atoms with E-state index in [-0.39, 0.29) is 24.5 Å². The third-order valence-corrected chi connectivity index (χ3v) is 8.48. The topological polar surface area (TPSA) is 95.9 Å². The number of nitrogens with zero attached hydrogens (tertiary/aromatic N) is 1.